The number of amides is 1. The predicted octanol–water partition coefficient (Wildman–Crippen LogP) is 1.17. The van der Waals surface area contributed by atoms with E-state index in [0.717, 1.165) is 12.0 Å². The van der Waals surface area contributed by atoms with Crippen molar-refractivity contribution in [1.29, 1.82) is 0 Å². The van der Waals surface area contributed by atoms with E-state index in [1.165, 1.54) is 11.0 Å². The molecule has 1 amide bonds. The van der Waals surface area contributed by atoms with Gasteiger partial charge in [-0.25, -0.2) is 9.67 Å². The fourth-order valence-corrected chi connectivity index (χ4v) is 3.15. The Morgan fingerprint density at radius 2 is 1.96 bits per heavy atom. The molecule has 0 spiro atoms. The zero-order valence-corrected chi connectivity index (χ0v) is 13.1. The van der Waals surface area contributed by atoms with Gasteiger partial charge in [0.15, 0.2) is 12.5 Å². The van der Waals surface area contributed by atoms with Gasteiger partial charge in [0.2, 0.25) is 5.82 Å². The molecule has 1 aromatic heterocycles. The molecule has 3 heterocycles. The van der Waals surface area contributed by atoms with Crippen LogP contribution in [0.15, 0.2) is 36.7 Å². The average Bonchev–Trinajstić information content (AvgIpc) is 3.30. The first-order valence-electron chi connectivity index (χ1n) is 7.89. The highest BCUT2D eigenvalue weighted by atomic mass is 16.8. The lowest BCUT2D eigenvalue weighted by Crippen LogP contribution is -2.28. The monoisotopic (exact) mass is 330 g/mol. The van der Waals surface area contributed by atoms with E-state index in [0.29, 0.717) is 0 Å². The highest BCUT2D eigenvalue weighted by Gasteiger charge is 2.53. The maximum absolute atomic E-state index is 11.2. The molecule has 2 N–H and O–H groups in total. The number of nitrogens with two attached hydrogens (primary N) is 1. The van der Waals surface area contributed by atoms with Gasteiger partial charge in [-0.15, -0.1) is 5.10 Å². The van der Waals surface area contributed by atoms with Crippen LogP contribution in [-0.4, -0.2) is 39.0 Å². The molecule has 2 aliphatic rings. The van der Waals surface area contributed by atoms with Gasteiger partial charge in [-0.05, 0) is 6.42 Å². The third-order valence-corrected chi connectivity index (χ3v) is 4.31. The van der Waals surface area contributed by atoms with Crippen LogP contribution in [0.3, 0.4) is 0 Å². The molecular weight excluding hydrogens is 312 g/mol. The fourth-order valence-electron chi connectivity index (χ4n) is 3.15. The number of primary amides is 1. The summed E-state index contributed by atoms with van der Waals surface area (Å²) in [7, 11) is 0. The molecule has 2 aliphatic heterocycles. The Morgan fingerprint density at radius 3 is 2.62 bits per heavy atom. The molecule has 4 rings (SSSR count). The Hall–Kier alpha value is -2.29. The lowest BCUT2D eigenvalue weighted by atomic mass is 10.1. The van der Waals surface area contributed by atoms with E-state index in [4.69, 9.17) is 19.9 Å². The standard InChI is InChI=1S/C16H18N4O4/c1-2-10-11-12(24-16(23-11)9-6-4-3-5-7-9)15(22-10)20-8-18-14(19-20)13(17)21/h3-8,10-12,15-16H,2H2,1H3,(H2,17,21)/t10?,11?,12?,15-,16?/m1/s1. The summed E-state index contributed by atoms with van der Waals surface area (Å²) in [6.07, 6.45) is 0.609. The van der Waals surface area contributed by atoms with Crippen LogP contribution < -0.4 is 5.73 Å². The van der Waals surface area contributed by atoms with Crippen LogP contribution in [0.4, 0.5) is 0 Å². The van der Waals surface area contributed by atoms with Crippen LogP contribution >= 0.6 is 0 Å². The van der Waals surface area contributed by atoms with Crippen molar-refractivity contribution in [3.63, 3.8) is 0 Å². The molecule has 2 aromatic rings. The van der Waals surface area contributed by atoms with Crippen molar-refractivity contribution in [3.8, 4) is 0 Å². The summed E-state index contributed by atoms with van der Waals surface area (Å²) in [4.78, 5) is 15.1. The van der Waals surface area contributed by atoms with Crippen molar-refractivity contribution in [2.45, 2.75) is 44.2 Å². The van der Waals surface area contributed by atoms with Crippen LogP contribution in [0, 0.1) is 0 Å². The second-order valence-corrected chi connectivity index (χ2v) is 5.83. The first-order chi connectivity index (χ1) is 11.7. The number of rotatable bonds is 4. The Kier molecular flexibility index (Phi) is 3.79. The molecule has 0 radical (unpaired) electrons. The minimum Gasteiger partial charge on any atom is -0.363 e. The number of aromatic nitrogens is 3. The van der Waals surface area contributed by atoms with Gasteiger partial charge in [-0.1, -0.05) is 37.3 Å². The highest BCUT2D eigenvalue weighted by Crippen LogP contribution is 2.44. The number of ether oxygens (including phenoxy) is 3. The second kappa shape index (κ2) is 5.97. The van der Waals surface area contributed by atoms with E-state index >= 15 is 0 Å². The molecule has 24 heavy (non-hydrogen) atoms. The number of nitrogens with zero attached hydrogens (tertiary/aromatic N) is 3. The maximum Gasteiger partial charge on any atom is 0.288 e. The SMILES string of the molecule is CCC1O[C@@H](n2cnc(C(N)=O)n2)C2OC(c3ccccc3)OC12. The van der Waals surface area contributed by atoms with Gasteiger partial charge in [0.25, 0.3) is 5.91 Å². The van der Waals surface area contributed by atoms with Crippen molar-refractivity contribution < 1.29 is 19.0 Å². The smallest absolute Gasteiger partial charge is 0.288 e. The van der Waals surface area contributed by atoms with E-state index in [1.807, 2.05) is 37.3 Å². The summed E-state index contributed by atoms with van der Waals surface area (Å²) in [6.45, 7) is 2.03. The molecule has 5 atom stereocenters. The van der Waals surface area contributed by atoms with E-state index in [2.05, 4.69) is 10.1 Å². The van der Waals surface area contributed by atoms with E-state index in [1.54, 1.807) is 0 Å². The number of benzene rings is 1. The van der Waals surface area contributed by atoms with Gasteiger partial charge in [0, 0.05) is 5.56 Å². The lowest BCUT2D eigenvalue weighted by molar-refractivity contribution is -0.150. The van der Waals surface area contributed by atoms with Crippen molar-refractivity contribution in [2.75, 3.05) is 0 Å². The summed E-state index contributed by atoms with van der Waals surface area (Å²) in [5.74, 6) is -0.727. The number of carbonyl (C=O) groups excluding carboxylic acids is 1. The normalized spacial score (nSPS) is 32.0. The van der Waals surface area contributed by atoms with Crippen molar-refractivity contribution in [1.82, 2.24) is 14.8 Å². The number of carbonyl (C=O) groups is 1. The molecule has 1 aromatic carbocycles. The van der Waals surface area contributed by atoms with Crippen molar-refractivity contribution in [2.24, 2.45) is 5.73 Å². The first-order valence-corrected chi connectivity index (χ1v) is 7.89. The Bertz CT molecular complexity index is 735. The van der Waals surface area contributed by atoms with E-state index in [9.17, 15) is 4.79 Å². The molecular formula is C16H18N4O4. The van der Waals surface area contributed by atoms with Crippen LogP contribution in [0.2, 0.25) is 0 Å². The van der Waals surface area contributed by atoms with Crippen LogP contribution in [0.5, 0.6) is 0 Å². The van der Waals surface area contributed by atoms with Crippen LogP contribution in [0.1, 0.15) is 42.0 Å². The number of hydrogen-bond donors (Lipinski definition) is 1. The molecule has 0 saturated carbocycles. The summed E-state index contributed by atoms with van der Waals surface area (Å²) in [6, 6.07) is 9.75. The summed E-state index contributed by atoms with van der Waals surface area (Å²) < 4.78 is 19.6. The van der Waals surface area contributed by atoms with Crippen LogP contribution in [-0.2, 0) is 14.2 Å². The Balaban J connectivity index is 1.59. The zero-order chi connectivity index (χ0) is 16.7. The molecule has 8 heteroatoms. The molecule has 8 nitrogen and oxygen atoms in total. The molecule has 2 saturated heterocycles. The van der Waals surface area contributed by atoms with Gasteiger partial charge in [-0.2, -0.15) is 0 Å². The predicted molar refractivity (Wildman–Crippen MR) is 81.7 cm³/mol. The second-order valence-electron chi connectivity index (χ2n) is 5.83. The third-order valence-electron chi connectivity index (χ3n) is 4.31. The van der Waals surface area contributed by atoms with Gasteiger partial charge >= 0.3 is 0 Å². The molecule has 0 bridgehead atoms. The third kappa shape index (κ3) is 2.48. The van der Waals surface area contributed by atoms with Crippen LogP contribution in [0.25, 0.3) is 0 Å². The van der Waals surface area contributed by atoms with Gasteiger partial charge < -0.3 is 19.9 Å². The number of fused-ring (bicyclic) bond motifs is 1. The average molecular weight is 330 g/mol. The summed E-state index contributed by atoms with van der Waals surface area (Å²) in [5.41, 5.74) is 6.17. The van der Waals surface area contributed by atoms with Crippen molar-refractivity contribution in [3.05, 3.63) is 48.0 Å². The van der Waals surface area contributed by atoms with E-state index in [-0.39, 0.29) is 24.1 Å². The Labute approximate surface area is 138 Å². The minimum atomic E-state index is -0.680. The quantitative estimate of drug-likeness (QED) is 0.903. The number of hydrogen-bond acceptors (Lipinski definition) is 6. The van der Waals surface area contributed by atoms with Gasteiger partial charge in [0.1, 0.15) is 18.5 Å². The summed E-state index contributed by atoms with van der Waals surface area (Å²) >= 11 is 0. The van der Waals surface area contributed by atoms with Gasteiger partial charge in [0.05, 0.1) is 6.10 Å². The fraction of sp³-hybridized carbons (Fsp3) is 0.438. The van der Waals surface area contributed by atoms with E-state index < -0.39 is 18.4 Å². The molecule has 4 unspecified atom stereocenters. The van der Waals surface area contributed by atoms with Gasteiger partial charge in [-0.3, -0.25) is 4.79 Å². The summed E-state index contributed by atoms with van der Waals surface area (Å²) in [5, 5.41) is 4.09. The van der Waals surface area contributed by atoms with Crippen molar-refractivity contribution >= 4 is 5.91 Å². The highest BCUT2D eigenvalue weighted by molar-refractivity contribution is 5.88. The zero-order valence-electron chi connectivity index (χ0n) is 13.1. The minimum absolute atomic E-state index is 0.0476. The molecule has 126 valence electrons. The topological polar surface area (TPSA) is 101 Å². The molecule has 2 fully saturated rings. The first kappa shape index (κ1) is 15.3. The Morgan fingerprint density at radius 1 is 1.21 bits per heavy atom. The lowest BCUT2D eigenvalue weighted by Gasteiger charge is -2.19. The largest absolute Gasteiger partial charge is 0.363 e. The maximum atomic E-state index is 11.2. The molecule has 0 aliphatic carbocycles.